The summed E-state index contributed by atoms with van der Waals surface area (Å²) >= 11 is 8.50. The van der Waals surface area contributed by atoms with E-state index in [0.29, 0.717) is 30.6 Å². The van der Waals surface area contributed by atoms with E-state index in [9.17, 15) is 14.0 Å². The molecule has 2 bridgehead atoms. The molecule has 0 aliphatic carbocycles. The van der Waals surface area contributed by atoms with Crippen LogP contribution in [0.2, 0.25) is 0 Å². The molecule has 8 nitrogen and oxygen atoms in total. The second kappa shape index (κ2) is 17.8. The van der Waals surface area contributed by atoms with Gasteiger partial charge in [0.25, 0.3) is 0 Å². The van der Waals surface area contributed by atoms with Gasteiger partial charge in [0.05, 0.1) is 12.5 Å². The zero-order chi connectivity index (χ0) is 25.2. The van der Waals surface area contributed by atoms with E-state index >= 15 is 0 Å². The van der Waals surface area contributed by atoms with Crippen molar-refractivity contribution in [3.63, 3.8) is 0 Å². The first-order valence-electron chi connectivity index (χ1n) is 12.5. The van der Waals surface area contributed by atoms with Gasteiger partial charge >= 0.3 is 20.1 Å². The second-order valence-electron chi connectivity index (χ2n) is 9.36. The van der Waals surface area contributed by atoms with Crippen molar-refractivity contribution in [3.8, 4) is 0 Å². The normalized spacial score (nSPS) is 22.7. The largest absolute Gasteiger partial charge is 5.00 e. The van der Waals surface area contributed by atoms with Crippen LogP contribution in [0.1, 0.15) is 37.2 Å². The molecule has 3 rings (SSSR count). The Morgan fingerprint density at radius 2 is 1.86 bits per heavy atom. The molecular formula is C25H39FN4O4S2Tc+3. The molecule has 206 valence electrons. The fourth-order valence-corrected chi connectivity index (χ4v) is 6.07. The fraction of sp³-hybridized carbons (Fsp3) is 0.680. The minimum atomic E-state index is -0.264. The average Bonchev–Trinajstić information content (AvgIpc) is 3.12. The number of rotatable bonds is 14. The number of thiol groups is 2. The Balaban J connectivity index is 0.00000342. The van der Waals surface area contributed by atoms with Crippen LogP contribution in [0.3, 0.4) is 0 Å². The van der Waals surface area contributed by atoms with Crippen LogP contribution >= 0.6 is 25.3 Å². The summed E-state index contributed by atoms with van der Waals surface area (Å²) in [5, 5.41) is 5.79. The molecule has 0 saturated carbocycles. The zero-order valence-corrected chi connectivity index (χ0v) is 24.9. The van der Waals surface area contributed by atoms with Crippen molar-refractivity contribution in [2.45, 2.75) is 43.7 Å². The van der Waals surface area contributed by atoms with E-state index in [1.54, 1.807) is 7.11 Å². The van der Waals surface area contributed by atoms with Gasteiger partial charge < -0.3 is 20.8 Å². The number of ether oxygens (including phenoxy) is 1. The van der Waals surface area contributed by atoms with Crippen molar-refractivity contribution >= 4 is 37.1 Å². The smallest absolute Gasteiger partial charge is 2.00 e. The Morgan fingerprint density at radius 3 is 2.51 bits per heavy atom. The summed E-state index contributed by atoms with van der Waals surface area (Å²) in [5.41, 5.74) is 1.02. The fourth-order valence-electron chi connectivity index (χ4n) is 5.68. The monoisotopic (exact) mass is 639 g/mol. The quantitative estimate of drug-likeness (QED) is 0.184. The Labute approximate surface area is 244 Å². The third kappa shape index (κ3) is 9.76. The van der Waals surface area contributed by atoms with Crippen molar-refractivity contribution in [2.75, 3.05) is 58.1 Å². The van der Waals surface area contributed by atoms with E-state index in [0.717, 1.165) is 50.9 Å². The van der Waals surface area contributed by atoms with E-state index < -0.39 is 0 Å². The number of benzene rings is 1. The summed E-state index contributed by atoms with van der Waals surface area (Å²) in [6.45, 7) is 3.52. The molecule has 2 fully saturated rings. The number of methoxy groups -OCH3 is 1. The summed E-state index contributed by atoms with van der Waals surface area (Å²) in [5.74, 6) is 0.890. The second-order valence-corrected chi connectivity index (χ2v) is 10.3. The van der Waals surface area contributed by atoms with Crippen LogP contribution < -0.4 is 10.6 Å². The molecular weight excluding hydrogens is 601 g/mol. The number of hydrogen-bond donors (Lipinski definition) is 4. The summed E-state index contributed by atoms with van der Waals surface area (Å²) in [6, 6.07) is 7.14. The van der Waals surface area contributed by atoms with Gasteiger partial charge in [-0.05, 0) is 62.4 Å². The molecule has 2 heterocycles. The Morgan fingerprint density at radius 1 is 1.14 bits per heavy atom. The number of piperidine rings is 1. The van der Waals surface area contributed by atoms with Crippen molar-refractivity contribution in [2.24, 2.45) is 5.92 Å². The third-order valence-electron chi connectivity index (χ3n) is 7.16. The Hall–Kier alpha value is -0.721. The molecule has 4 atom stereocenters. The van der Waals surface area contributed by atoms with Crippen LogP contribution in [0.5, 0.6) is 0 Å². The van der Waals surface area contributed by atoms with Gasteiger partial charge in [-0.15, -0.1) is 0 Å². The van der Waals surface area contributed by atoms with Gasteiger partial charge in [-0.2, -0.15) is 25.3 Å². The molecule has 0 aromatic heterocycles. The first-order valence-corrected chi connectivity index (χ1v) is 13.7. The van der Waals surface area contributed by atoms with E-state index in [4.69, 9.17) is 4.74 Å². The molecule has 2 aliphatic rings. The summed E-state index contributed by atoms with van der Waals surface area (Å²) < 4.78 is 18.7. The number of nitrogens with zero attached hydrogens (tertiary/aromatic N) is 2. The predicted molar refractivity (Wildman–Crippen MR) is 143 cm³/mol. The Bertz CT molecular complexity index is 826. The minimum Gasteiger partial charge on any atom is -2.00 e. The molecule has 2 saturated heterocycles. The average molecular weight is 641 g/mol. The first-order chi connectivity index (χ1) is 17.0. The topological polar surface area (TPSA) is 102 Å². The maximum atomic E-state index is 13.6. The minimum absolute atomic E-state index is 0. The maximum Gasteiger partial charge on any atom is 5.00 e. The SMILES string of the molecule is COCNC(=O)[C@@H]1[C@H]2CCC(C[C@H]1c1ccc(F)cc1)N2CCCN(CCS)CC(=O)NCCS.[O-2].[Tc+5]. The molecule has 1 unspecified atom stereocenters. The van der Waals surface area contributed by atoms with Gasteiger partial charge in [-0.1, -0.05) is 12.1 Å². The van der Waals surface area contributed by atoms with Gasteiger partial charge in [-0.3, -0.25) is 19.4 Å². The summed E-state index contributed by atoms with van der Waals surface area (Å²) in [4.78, 5) is 30.1. The van der Waals surface area contributed by atoms with Crippen molar-refractivity contribution < 1.29 is 44.3 Å². The van der Waals surface area contributed by atoms with E-state index in [2.05, 4.69) is 45.7 Å². The van der Waals surface area contributed by atoms with Gasteiger partial charge in [0, 0.05) is 43.8 Å². The third-order valence-corrected chi connectivity index (χ3v) is 7.59. The van der Waals surface area contributed by atoms with Crippen molar-refractivity contribution in [3.05, 3.63) is 35.6 Å². The number of nitrogens with one attached hydrogen (secondary N) is 2. The van der Waals surface area contributed by atoms with E-state index in [1.807, 2.05) is 12.1 Å². The number of carbonyl (C=O) groups excluding carboxylic acids is 2. The molecule has 0 spiro atoms. The number of amides is 2. The Kier molecular flexibility index (Phi) is 16.5. The molecule has 0 radical (unpaired) electrons. The van der Waals surface area contributed by atoms with Gasteiger partial charge in [0.1, 0.15) is 12.5 Å². The van der Waals surface area contributed by atoms with Crippen LogP contribution in [0.4, 0.5) is 4.39 Å². The molecule has 2 aliphatic heterocycles. The summed E-state index contributed by atoms with van der Waals surface area (Å²) in [7, 11) is 1.56. The van der Waals surface area contributed by atoms with Crippen LogP contribution in [0.25, 0.3) is 0 Å². The van der Waals surface area contributed by atoms with Crippen LogP contribution in [-0.4, -0.2) is 91.8 Å². The van der Waals surface area contributed by atoms with E-state index in [1.165, 1.54) is 12.1 Å². The number of carbonyl (C=O) groups is 2. The van der Waals surface area contributed by atoms with Gasteiger partial charge in [0.15, 0.2) is 0 Å². The van der Waals surface area contributed by atoms with Crippen molar-refractivity contribution in [1.29, 1.82) is 0 Å². The molecule has 1 aromatic rings. The van der Waals surface area contributed by atoms with Gasteiger partial charge in [0.2, 0.25) is 11.8 Å². The van der Waals surface area contributed by atoms with Crippen LogP contribution in [0.15, 0.2) is 24.3 Å². The van der Waals surface area contributed by atoms with Crippen molar-refractivity contribution in [1.82, 2.24) is 20.4 Å². The molecule has 1 aromatic carbocycles. The first kappa shape index (κ1) is 34.3. The maximum absolute atomic E-state index is 13.6. The molecule has 2 amide bonds. The molecule has 37 heavy (non-hydrogen) atoms. The van der Waals surface area contributed by atoms with Gasteiger partial charge in [-0.25, -0.2) is 4.39 Å². The van der Waals surface area contributed by atoms with Crippen LogP contribution in [-0.2, 0) is 39.9 Å². The molecule has 12 heteroatoms. The standard InChI is InChI=1S/C25H39FN4O3S2.O.Tc/c1-33-17-28-25(32)24-21(18-3-5-19(26)6-4-18)15-20-7-8-22(24)30(20)11-2-10-29(12-14-35)16-23(31)27-9-13-34;;/h3-6,20-22,24,34-35H,2,7-17H2,1H3,(H,27,31)(H,28,32);;/q;-2;+5/t20?,21-,22+,24-;;/m0../s1. The van der Waals surface area contributed by atoms with Crippen LogP contribution in [0, 0.1) is 11.7 Å². The molecule has 2 N–H and O–H groups in total. The number of fused-ring (bicyclic) bond motifs is 2. The summed E-state index contributed by atoms with van der Waals surface area (Å²) in [6.07, 6.45) is 3.82. The zero-order valence-electron chi connectivity index (χ0n) is 21.3. The number of hydrogen-bond acceptors (Lipinski definition) is 7. The van der Waals surface area contributed by atoms with E-state index in [-0.39, 0.29) is 67.8 Å². The number of halogens is 1. The predicted octanol–water partition coefficient (Wildman–Crippen LogP) is 2.03.